The number of nitrogens with zero attached hydrogens (tertiary/aromatic N) is 1. The molecule has 3 heteroatoms. The first-order valence-electron chi connectivity index (χ1n) is 8.94. The average molecular weight is 326 g/mol. The number of carbonyl (C=O) groups is 1. The molecule has 3 nitrogen and oxygen atoms in total. The summed E-state index contributed by atoms with van der Waals surface area (Å²) in [6, 6.07) is 8.57. The van der Waals surface area contributed by atoms with E-state index in [9.17, 15) is 4.79 Å². The van der Waals surface area contributed by atoms with E-state index >= 15 is 0 Å². The first kappa shape index (κ1) is 18.3. The lowest BCUT2D eigenvalue weighted by Gasteiger charge is -2.16. The van der Waals surface area contributed by atoms with E-state index in [0.29, 0.717) is 0 Å². The molecule has 1 aromatic heterocycles. The van der Waals surface area contributed by atoms with E-state index in [0.717, 1.165) is 30.6 Å². The molecule has 1 heterocycles. The molecule has 0 aliphatic heterocycles. The topological polar surface area (TPSA) is 34.0 Å². The van der Waals surface area contributed by atoms with E-state index in [2.05, 4.69) is 75.7 Å². The van der Waals surface area contributed by atoms with Crippen LogP contribution < -0.4 is 5.32 Å². The molecule has 1 aromatic carbocycles. The first-order chi connectivity index (χ1) is 11.4. The average Bonchev–Trinajstić information content (AvgIpc) is 2.79. The summed E-state index contributed by atoms with van der Waals surface area (Å²) in [5.74, 6) is 0.0400. The van der Waals surface area contributed by atoms with E-state index < -0.39 is 0 Å². The summed E-state index contributed by atoms with van der Waals surface area (Å²) in [5, 5.41) is 3.13. The molecular weight excluding hydrogens is 296 g/mol. The van der Waals surface area contributed by atoms with Gasteiger partial charge >= 0.3 is 0 Å². The molecule has 0 bridgehead atoms. The molecule has 0 saturated heterocycles. The zero-order chi connectivity index (χ0) is 17.9. The van der Waals surface area contributed by atoms with Crippen molar-refractivity contribution in [3.8, 4) is 0 Å². The third-order valence-electron chi connectivity index (χ3n) is 5.07. The van der Waals surface area contributed by atoms with Crippen LogP contribution in [0.25, 0.3) is 0 Å². The molecule has 0 spiro atoms. The number of amides is 1. The summed E-state index contributed by atoms with van der Waals surface area (Å²) < 4.78 is 2.19. The third-order valence-corrected chi connectivity index (χ3v) is 5.07. The normalized spacial score (nSPS) is 12.2. The van der Waals surface area contributed by atoms with Crippen LogP contribution in [-0.4, -0.2) is 16.5 Å². The predicted octanol–water partition coefficient (Wildman–Crippen LogP) is 4.55. The maximum atomic E-state index is 12.9. The van der Waals surface area contributed by atoms with E-state index in [1.54, 1.807) is 0 Å². The molecule has 1 amide bonds. The number of carbonyl (C=O) groups excluding carboxylic acids is 1. The lowest BCUT2D eigenvalue weighted by molar-refractivity contribution is 0.0929. The maximum absolute atomic E-state index is 12.9. The number of hydrogen-bond donors (Lipinski definition) is 1. The highest BCUT2D eigenvalue weighted by Crippen LogP contribution is 2.25. The molecule has 24 heavy (non-hydrogen) atoms. The Morgan fingerprint density at radius 2 is 1.83 bits per heavy atom. The molecule has 0 radical (unpaired) electrons. The fraction of sp³-hybridized carbons (Fsp3) is 0.476. The summed E-state index contributed by atoms with van der Waals surface area (Å²) in [6.07, 6.45) is 1.88. The number of aromatic nitrogens is 1. The molecule has 0 aliphatic carbocycles. The Kier molecular flexibility index (Phi) is 5.87. The second kappa shape index (κ2) is 7.69. The van der Waals surface area contributed by atoms with E-state index in [1.165, 1.54) is 22.4 Å². The van der Waals surface area contributed by atoms with Crippen LogP contribution in [0.3, 0.4) is 0 Å². The highest BCUT2D eigenvalue weighted by Gasteiger charge is 2.22. The van der Waals surface area contributed by atoms with Gasteiger partial charge in [0.05, 0.1) is 0 Å². The van der Waals surface area contributed by atoms with Crippen molar-refractivity contribution in [3.05, 3.63) is 57.9 Å². The van der Waals surface area contributed by atoms with E-state index in [-0.39, 0.29) is 11.9 Å². The van der Waals surface area contributed by atoms with Crippen molar-refractivity contribution >= 4 is 5.91 Å². The molecular formula is C21H30N2O. The van der Waals surface area contributed by atoms with Crippen LogP contribution in [0.5, 0.6) is 0 Å². The van der Waals surface area contributed by atoms with Gasteiger partial charge < -0.3 is 9.88 Å². The van der Waals surface area contributed by atoms with Crippen molar-refractivity contribution in [2.24, 2.45) is 0 Å². The molecule has 0 aliphatic rings. The summed E-state index contributed by atoms with van der Waals surface area (Å²) in [6.45, 7) is 13.4. The van der Waals surface area contributed by atoms with Gasteiger partial charge in [0.1, 0.15) is 5.69 Å². The minimum Gasteiger partial charge on any atom is -0.348 e. The molecule has 2 aromatic rings. The second-order valence-corrected chi connectivity index (χ2v) is 6.69. The van der Waals surface area contributed by atoms with Gasteiger partial charge in [-0.1, -0.05) is 38.1 Å². The van der Waals surface area contributed by atoms with Crippen LogP contribution in [0.15, 0.2) is 24.3 Å². The van der Waals surface area contributed by atoms with Gasteiger partial charge in [-0.05, 0) is 62.8 Å². The summed E-state index contributed by atoms with van der Waals surface area (Å²) in [5.41, 5.74) is 6.94. The zero-order valence-electron chi connectivity index (χ0n) is 15.9. The van der Waals surface area contributed by atoms with Crippen molar-refractivity contribution in [1.29, 1.82) is 0 Å². The van der Waals surface area contributed by atoms with Crippen LogP contribution in [0.1, 0.15) is 65.6 Å². The van der Waals surface area contributed by atoms with Gasteiger partial charge in [0, 0.05) is 18.3 Å². The smallest absolute Gasteiger partial charge is 0.268 e. The molecule has 130 valence electrons. The van der Waals surface area contributed by atoms with Crippen molar-refractivity contribution in [2.75, 3.05) is 0 Å². The fourth-order valence-electron chi connectivity index (χ4n) is 3.31. The van der Waals surface area contributed by atoms with Crippen molar-refractivity contribution in [3.63, 3.8) is 0 Å². The van der Waals surface area contributed by atoms with E-state index in [4.69, 9.17) is 0 Å². The summed E-state index contributed by atoms with van der Waals surface area (Å²) in [4.78, 5) is 12.9. The molecule has 0 fully saturated rings. The van der Waals surface area contributed by atoms with Gasteiger partial charge in [-0.25, -0.2) is 0 Å². The summed E-state index contributed by atoms with van der Waals surface area (Å²) >= 11 is 0. The van der Waals surface area contributed by atoms with Crippen LogP contribution in [-0.2, 0) is 13.0 Å². The molecule has 1 N–H and O–H groups in total. The van der Waals surface area contributed by atoms with Crippen LogP contribution in [0.2, 0.25) is 0 Å². The molecule has 2 rings (SSSR count). The Morgan fingerprint density at radius 3 is 2.42 bits per heavy atom. The van der Waals surface area contributed by atoms with Gasteiger partial charge in [0.25, 0.3) is 5.91 Å². The molecule has 0 saturated carbocycles. The standard InChI is InChI=1S/C21H30N2O/c1-7-15(4)22-21(24)20-16(5)19(8-2)17(6)23(20)13-18-12-10-9-11-14(18)3/h9-12,15H,7-8,13H2,1-6H3,(H,22,24)/t15-/m1/s1. The van der Waals surface area contributed by atoms with Crippen molar-refractivity contribution in [1.82, 2.24) is 9.88 Å². The third kappa shape index (κ3) is 3.55. The molecule has 1 atom stereocenters. The maximum Gasteiger partial charge on any atom is 0.268 e. The van der Waals surface area contributed by atoms with Gasteiger partial charge in [-0.2, -0.15) is 0 Å². The van der Waals surface area contributed by atoms with Crippen LogP contribution >= 0.6 is 0 Å². The van der Waals surface area contributed by atoms with Crippen LogP contribution in [0.4, 0.5) is 0 Å². The number of benzene rings is 1. The number of hydrogen-bond acceptors (Lipinski definition) is 1. The van der Waals surface area contributed by atoms with Gasteiger partial charge in [-0.15, -0.1) is 0 Å². The van der Waals surface area contributed by atoms with Gasteiger partial charge in [0.2, 0.25) is 0 Å². The van der Waals surface area contributed by atoms with Gasteiger partial charge in [0.15, 0.2) is 0 Å². The Balaban J connectivity index is 2.49. The highest BCUT2D eigenvalue weighted by molar-refractivity contribution is 5.95. The number of nitrogens with one attached hydrogen (secondary N) is 1. The minimum absolute atomic E-state index is 0.0400. The predicted molar refractivity (Wildman–Crippen MR) is 101 cm³/mol. The van der Waals surface area contributed by atoms with Crippen LogP contribution in [0, 0.1) is 20.8 Å². The number of aryl methyl sites for hydroxylation is 1. The Morgan fingerprint density at radius 1 is 1.17 bits per heavy atom. The largest absolute Gasteiger partial charge is 0.348 e. The van der Waals surface area contributed by atoms with Crippen molar-refractivity contribution < 1.29 is 4.79 Å². The quantitative estimate of drug-likeness (QED) is 0.830. The monoisotopic (exact) mass is 326 g/mol. The first-order valence-corrected chi connectivity index (χ1v) is 8.94. The SMILES string of the molecule is CCc1c(C)c(C(=O)N[C@H](C)CC)n(Cc2ccccc2C)c1C. The second-order valence-electron chi connectivity index (χ2n) is 6.69. The van der Waals surface area contributed by atoms with Gasteiger partial charge in [-0.3, -0.25) is 4.79 Å². The lowest BCUT2D eigenvalue weighted by Crippen LogP contribution is -2.34. The fourth-order valence-corrected chi connectivity index (χ4v) is 3.31. The Labute approximate surface area is 146 Å². The minimum atomic E-state index is 0.0400. The Hall–Kier alpha value is -2.03. The molecule has 0 unspecified atom stereocenters. The zero-order valence-corrected chi connectivity index (χ0v) is 15.9. The lowest BCUT2D eigenvalue weighted by atomic mass is 10.1. The van der Waals surface area contributed by atoms with Crippen molar-refractivity contribution in [2.45, 2.75) is 67.0 Å². The van der Waals surface area contributed by atoms with E-state index in [1.807, 2.05) is 0 Å². The Bertz CT molecular complexity index is 728. The number of rotatable bonds is 6. The summed E-state index contributed by atoms with van der Waals surface area (Å²) in [7, 11) is 0. The highest BCUT2D eigenvalue weighted by atomic mass is 16.2.